The number of hydrogen-bond acceptors (Lipinski definition) is 5. The van der Waals surface area contributed by atoms with Crippen LogP contribution in [0.15, 0.2) is 66.9 Å². The minimum atomic E-state index is -0.730. The highest BCUT2D eigenvalue weighted by atomic mass is 19.1. The Bertz CT molecular complexity index is 1560. The summed E-state index contributed by atoms with van der Waals surface area (Å²) in [5.74, 6) is -0.317. The molecular weight excluding hydrogens is 429 g/mol. The molecule has 1 saturated carbocycles. The molecule has 7 heteroatoms. The van der Waals surface area contributed by atoms with Gasteiger partial charge in [0.15, 0.2) is 11.3 Å². The minimum Gasteiger partial charge on any atom is -0.390 e. The number of pyridine rings is 1. The average molecular weight is 454 g/mol. The van der Waals surface area contributed by atoms with Gasteiger partial charge >= 0.3 is 0 Å². The van der Waals surface area contributed by atoms with Gasteiger partial charge in [-0.3, -0.25) is 0 Å². The van der Waals surface area contributed by atoms with E-state index in [9.17, 15) is 9.50 Å². The first-order valence-electron chi connectivity index (χ1n) is 11.3. The Morgan fingerprint density at radius 3 is 2.47 bits per heavy atom. The largest absolute Gasteiger partial charge is 0.390 e. The van der Waals surface area contributed by atoms with Crippen LogP contribution < -0.4 is 5.73 Å². The fraction of sp³-hybridized carbons (Fsp3) is 0.222. The molecular formula is C27H24FN5O. The van der Waals surface area contributed by atoms with Crippen molar-refractivity contribution in [2.75, 3.05) is 0 Å². The van der Waals surface area contributed by atoms with Crippen molar-refractivity contribution in [1.82, 2.24) is 19.6 Å². The van der Waals surface area contributed by atoms with Crippen LogP contribution in [-0.4, -0.2) is 30.3 Å². The van der Waals surface area contributed by atoms with E-state index in [1.807, 2.05) is 49.4 Å². The highest BCUT2D eigenvalue weighted by Gasteiger charge is 2.49. The molecule has 5 aromatic rings. The molecule has 0 saturated heterocycles. The number of rotatable bonds is 3. The molecule has 3 heterocycles. The van der Waals surface area contributed by atoms with E-state index >= 15 is 0 Å². The first kappa shape index (κ1) is 20.9. The second-order valence-electron chi connectivity index (χ2n) is 9.68. The summed E-state index contributed by atoms with van der Waals surface area (Å²) in [6.07, 6.45) is 2.77. The lowest BCUT2D eigenvalue weighted by atomic mass is 9.63. The van der Waals surface area contributed by atoms with E-state index in [-0.39, 0.29) is 5.82 Å². The number of aliphatic hydroxyl groups is 1. The summed E-state index contributed by atoms with van der Waals surface area (Å²) >= 11 is 0. The zero-order valence-electron chi connectivity index (χ0n) is 19.0. The Labute approximate surface area is 195 Å². The van der Waals surface area contributed by atoms with Crippen LogP contribution in [0.1, 0.15) is 31.0 Å². The van der Waals surface area contributed by atoms with Gasteiger partial charge in [0.2, 0.25) is 0 Å². The van der Waals surface area contributed by atoms with Gasteiger partial charge in [0.25, 0.3) is 0 Å². The van der Waals surface area contributed by atoms with Crippen molar-refractivity contribution in [3.63, 3.8) is 0 Å². The predicted molar refractivity (Wildman–Crippen MR) is 130 cm³/mol. The van der Waals surface area contributed by atoms with Crippen molar-refractivity contribution >= 4 is 16.7 Å². The third-order valence-electron chi connectivity index (χ3n) is 6.67. The van der Waals surface area contributed by atoms with Crippen LogP contribution in [0.4, 0.5) is 4.39 Å². The van der Waals surface area contributed by atoms with Gasteiger partial charge in [-0.05, 0) is 44.4 Å². The predicted octanol–water partition coefficient (Wildman–Crippen LogP) is 4.76. The van der Waals surface area contributed by atoms with E-state index in [0.717, 1.165) is 22.2 Å². The van der Waals surface area contributed by atoms with Crippen molar-refractivity contribution in [1.29, 1.82) is 0 Å². The Balaban J connectivity index is 1.55. The van der Waals surface area contributed by atoms with Crippen LogP contribution in [0.3, 0.4) is 0 Å². The number of aryl methyl sites for hydroxylation is 1. The maximum Gasteiger partial charge on any atom is 0.165 e. The van der Waals surface area contributed by atoms with Crippen molar-refractivity contribution in [3.05, 3.63) is 83.9 Å². The maximum atomic E-state index is 14.9. The van der Waals surface area contributed by atoms with E-state index in [0.29, 0.717) is 41.0 Å². The van der Waals surface area contributed by atoms with Crippen LogP contribution in [0.5, 0.6) is 0 Å². The first-order valence-corrected chi connectivity index (χ1v) is 11.3. The molecule has 0 bridgehead atoms. The Morgan fingerprint density at radius 2 is 1.76 bits per heavy atom. The third-order valence-corrected chi connectivity index (χ3v) is 6.67. The van der Waals surface area contributed by atoms with Crippen LogP contribution in [0, 0.1) is 12.7 Å². The van der Waals surface area contributed by atoms with Gasteiger partial charge in [0, 0.05) is 39.9 Å². The summed E-state index contributed by atoms with van der Waals surface area (Å²) < 4.78 is 16.6. The lowest BCUT2D eigenvalue weighted by Gasteiger charge is -2.49. The molecule has 1 fully saturated rings. The quantitative estimate of drug-likeness (QED) is 0.411. The molecule has 34 heavy (non-hydrogen) atoms. The molecule has 0 atom stereocenters. The standard InChI is InChI=1S/C27H24FN5O/c1-16-11-23-30-13-18-12-21(20-5-3-4-6-22(20)28)24(31-25(18)33(23)32-16)17-7-9-19(10-8-17)27(29)14-26(2,34)15-27/h3-13,34H,14-15,29H2,1-2H3. The number of fused-ring (bicyclic) bond motifs is 3. The molecule has 1 aliphatic carbocycles. The average Bonchev–Trinajstić information content (AvgIpc) is 3.18. The highest BCUT2D eigenvalue weighted by Crippen LogP contribution is 2.46. The van der Waals surface area contributed by atoms with Gasteiger partial charge in [0.1, 0.15) is 5.82 Å². The van der Waals surface area contributed by atoms with Crippen LogP contribution in [0.25, 0.3) is 39.1 Å². The number of aromatic nitrogens is 4. The molecule has 0 aliphatic heterocycles. The van der Waals surface area contributed by atoms with E-state index < -0.39 is 11.1 Å². The fourth-order valence-corrected chi connectivity index (χ4v) is 5.23. The molecule has 0 unspecified atom stereocenters. The number of nitrogens with two attached hydrogens (primary N) is 1. The Morgan fingerprint density at radius 1 is 1.03 bits per heavy atom. The van der Waals surface area contributed by atoms with Gasteiger partial charge < -0.3 is 10.8 Å². The van der Waals surface area contributed by atoms with Crippen LogP contribution in [0.2, 0.25) is 0 Å². The summed E-state index contributed by atoms with van der Waals surface area (Å²) in [5, 5.41) is 15.5. The summed E-state index contributed by atoms with van der Waals surface area (Å²) in [6, 6.07) is 18.4. The maximum absolute atomic E-state index is 14.9. The van der Waals surface area contributed by atoms with Crippen molar-refractivity contribution in [2.24, 2.45) is 5.73 Å². The van der Waals surface area contributed by atoms with Crippen molar-refractivity contribution in [2.45, 2.75) is 37.8 Å². The summed E-state index contributed by atoms with van der Waals surface area (Å²) in [5.41, 5.74) is 11.1. The van der Waals surface area contributed by atoms with E-state index in [1.54, 1.807) is 29.8 Å². The molecule has 6 rings (SSSR count). The molecule has 0 radical (unpaired) electrons. The molecule has 1 aliphatic rings. The van der Waals surface area contributed by atoms with E-state index in [1.165, 1.54) is 6.07 Å². The van der Waals surface area contributed by atoms with Gasteiger partial charge in [-0.1, -0.05) is 42.5 Å². The van der Waals surface area contributed by atoms with E-state index in [4.69, 9.17) is 10.7 Å². The molecule has 6 nitrogen and oxygen atoms in total. The number of nitrogens with zero attached hydrogens (tertiary/aromatic N) is 4. The molecule has 0 spiro atoms. The fourth-order valence-electron chi connectivity index (χ4n) is 5.23. The lowest BCUT2D eigenvalue weighted by Crippen LogP contribution is -2.58. The minimum absolute atomic E-state index is 0.317. The molecule has 2 aromatic carbocycles. The van der Waals surface area contributed by atoms with Gasteiger partial charge in [-0.25, -0.2) is 14.4 Å². The second kappa shape index (κ2) is 7.16. The van der Waals surface area contributed by atoms with Crippen molar-refractivity contribution in [3.8, 4) is 22.4 Å². The number of hydrogen-bond donors (Lipinski definition) is 2. The second-order valence-corrected chi connectivity index (χ2v) is 9.68. The monoisotopic (exact) mass is 453 g/mol. The van der Waals surface area contributed by atoms with Crippen LogP contribution in [-0.2, 0) is 5.54 Å². The molecule has 3 N–H and O–H groups in total. The normalized spacial score (nSPS) is 22.3. The summed E-state index contributed by atoms with van der Waals surface area (Å²) in [4.78, 5) is 9.46. The summed E-state index contributed by atoms with van der Waals surface area (Å²) in [6.45, 7) is 3.72. The Kier molecular flexibility index (Phi) is 4.40. The number of benzene rings is 2. The molecule has 170 valence electrons. The zero-order chi connectivity index (χ0) is 23.7. The molecule has 3 aromatic heterocycles. The zero-order valence-corrected chi connectivity index (χ0v) is 19.0. The smallest absolute Gasteiger partial charge is 0.165 e. The third kappa shape index (κ3) is 3.28. The topological polar surface area (TPSA) is 89.3 Å². The SMILES string of the molecule is Cc1cc2ncc3cc(-c4ccccc4F)c(-c4ccc(C5(N)CC(C)(O)C5)cc4)nc3n2n1. The van der Waals surface area contributed by atoms with Crippen molar-refractivity contribution < 1.29 is 9.50 Å². The lowest BCUT2D eigenvalue weighted by molar-refractivity contribution is -0.0738. The van der Waals surface area contributed by atoms with Crippen LogP contribution >= 0.6 is 0 Å². The molecule has 0 amide bonds. The highest BCUT2D eigenvalue weighted by molar-refractivity contribution is 5.90. The first-order chi connectivity index (χ1) is 16.2. The van der Waals surface area contributed by atoms with Gasteiger partial charge in [0.05, 0.1) is 17.0 Å². The van der Waals surface area contributed by atoms with Gasteiger partial charge in [-0.2, -0.15) is 9.61 Å². The Hall–Kier alpha value is -3.68. The number of halogens is 1. The summed E-state index contributed by atoms with van der Waals surface area (Å²) in [7, 11) is 0. The van der Waals surface area contributed by atoms with E-state index in [2.05, 4.69) is 10.1 Å². The van der Waals surface area contributed by atoms with Gasteiger partial charge in [-0.15, -0.1) is 0 Å².